The van der Waals surface area contributed by atoms with Crippen molar-refractivity contribution in [3.63, 3.8) is 0 Å². The Labute approximate surface area is 196 Å². The van der Waals surface area contributed by atoms with Gasteiger partial charge in [0.2, 0.25) is 0 Å². The summed E-state index contributed by atoms with van der Waals surface area (Å²) in [5.41, 5.74) is 1.93. The van der Waals surface area contributed by atoms with E-state index in [2.05, 4.69) is 26.2 Å². The minimum Gasteiger partial charge on any atom is -0.488 e. The molecule has 2 amide bonds. The van der Waals surface area contributed by atoms with Crippen LogP contribution in [0.2, 0.25) is 0 Å². The standard InChI is InChI=1S/C24H16BrFN2O3S/c25-18-8-11-20(31-14-15-6-9-19(26)10-7-15)17(12-18)13-21-23(30)28-24(32-21)27-22(29)16-4-2-1-3-5-16/h1-13H,14H2,(H,27,28,29,30)/b21-13-. The fraction of sp³-hybridized carbons (Fsp3) is 0.0417. The Morgan fingerprint density at radius 3 is 2.59 bits per heavy atom. The lowest BCUT2D eigenvalue weighted by molar-refractivity contribution is -0.115. The van der Waals surface area contributed by atoms with Gasteiger partial charge in [-0.25, -0.2) is 4.39 Å². The highest BCUT2D eigenvalue weighted by molar-refractivity contribution is 9.10. The largest absolute Gasteiger partial charge is 0.488 e. The Kier molecular flexibility index (Phi) is 6.82. The summed E-state index contributed by atoms with van der Waals surface area (Å²) >= 11 is 4.52. The smallest absolute Gasteiger partial charge is 0.279 e. The average molecular weight is 511 g/mol. The molecule has 0 aliphatic carbocycles. The Morgan fingerprint density at radius 1 is 1.09 bits per heavy atom. The minimum atomic E-state index is -0.430. The summed E-state index contributed by atoms with van der Waals surface area (Å²) in [4.78, 5) is 29.1. The molecule has 4 rings (SSSR count). The quantitative estimate of drug-likeness (QED) is 0.455. The third-order valence-corrected chi connectivity index (χ3v) is 5.84. The SMILES string of the molecule is O=C1NC(=NC(=O)c2ccccc2)S/C1=C\c1cc(Br)ccc1OCc1ccc(F)cc1. The van der Waals surface area contributed by atoms with Gasteiger partial charge in [-0.2, -0.15) is 4.99 Å². The number of ether oxygens (including phenoxy) is 1. The second-order valence-corrected chi connectivity index (χ2v) is 8.70. The highest BCUT2D eigenvalue weighted by atomic mass is 79.9. The number of nitrogens with one attached hydrogen (secondary N) is 1. The van der Waals surface area contributed by atoms with Crippen LogP contribution in [0.3, 0.4) is 0 Å². The zero-order chi connectivity index (χ0) is 22.5. The van der Waals surface area contributed by atoms with Crippen molar-refractivity contribution in [2.45, 2.75) is 6.61 Å². The minimum absolute atomic E-state index is 0.221. The number of amidine groups is 1. The molecule has 0 unspecified atom stereocenters. The molecule has 0 aromatic heterocycles. The lowest BCUT2D eigenvalue weighted by atomic mass is 10.2. The summed E-state index contributed by atoms with van der Waals surface area (Å²) in [5, 5.41) is 2.84. The number of amides is 2. The predicted molar refractivity (Wildman–Crippen MR) is 127 cm³/mol. The lowest BCUT2D eigenvalue weighted by Crippen LogP contribution is -2.20. The summed E-state index contributed by atoms with van der Waals surface area (Å²) in [7, 11) is 0. The van der Waals surface area contributed by atoms with Crippen molar-refractivity contribution in [3.8, 4) is 5.75 Å². The molecule has 1 heterocycles. The lowest BCUT2D eigenvalue weighted by Gasteiger charge is -2.10. The number of hydrogen-bond donors (Lipinski definition) is 1. The number of thioether (sulfide) groups is 1. The zero-order valence-electron chi connectivity index (χ0n) is 16.5. The van der Waals surface area contributed by atoms with Crippen molar-refractivity contribution in [3.05, 3.63) is 105 Å². The van der Waals surface area contributed by atoms with Crippen LogP contribution >= 0.6 is 27.7 Å². The van der Waals surface area contributed by atoms with Crippen LogP contribution in [0.15, 0.2) is 87.2 Å². The van der Waals surface area contributed by atoms with Crippen LogP contribution in [-0.2, 0) is 11.4 Å². The van der Waals surface area contributed by atoms with Gasteiger partial charge in [0, 0.05) is 15.6 Å². The van der Waals surface area contributed by atoms with Gasteiger partial charge in [-0.15, -0.1) is 0 Å². The number of rotatable bonds is 5. The first kappa shape index (κ1) is 22.0. The van der Waals surface area contributed by atoms with Gasteiger partial charge in [-0.3, -0.25) is 9.59 Å². The summed E-state index contributed by atoms with van der Waals surface area (Å²) in [6, 6.07) is 20.1. The number of aliphatic imine (C=N–C) groups is 1. The van der Waals surface area contributed by atoms with Crippen molar-refractivity contribution in [2.75, 3.05) is 0 Å². The van der Waals surface area contributed by atoms with Crippen LogP contribution in [0.25, 0.3) is 6.08 Å². The van der Waals surface area contributed by atoms with Gasteiger partial charge in [0.05, 0.1) is 4.91 Å². The summed E-state index contributed by atoms with van der Waals surface area (Å²) in [5.74, 6) is -0.529. The number of halogens is 2. The molecule has 160 valence electrons. The van der Waals surface area contributed by atoms with Crippen LogP contribution in [-0.4, -0.2) is 17.0 Å². The van der Waals surface area contributed by atoms with E-state index in [9.17, 15) is 14.0 Å². The maximum atomic E-state index is 13.1. The van der Waals surface area contributed by atoms with Crippen molar-refractivity contribution in [1.29, 1.82) is 0 Å². The van der Waals surface area contributed by atoms with E-state index in [1.54, 1.807) is 48.5 Å². The van der Waals surface area contributed by atoms with E-state index >= 15 is 0 Å². The van der Waals surface area contributed by atoms with E-state index in [1.165, 1.54) is 12.1 Å². The van der Waals surface area contributed by atoms with Crippen LogP contribution < -0.4 is 10.1 Å². The summed E-state index contributed by atoms with van der Waals surface area (Å²) in [6.45, 7) is 0.246. The normalized spacial score (nSPS) is 15.8. The van der Waals surface area contributed by atoms with Gasteiger partial charge in [0.25, 0.3) is 11.8 Å². The third-order valence-electron chi connectivity index (χ3n) is 4.44. The van der Waals surface area contributed by atoms with Crippen LogP contribution in [0, 0.1) is 5.82 Å². The Morgan fingerprint density at radius 2 is 1.84 bits per heavy atom. The van der Waals surface area contributed by atoms with Gasteiger partial charge in [0.1, 0.15) is 18.2 Å². The Bertz CT molecular complexity index is 1230. The van der Waals surface area contributed by atoms with Gasteiger partial charge >= 0.3 is 0 Å². The molecular weight excluding hydrogens is 495 g/mol. The topological polar surface area (TPSA) is 67.8 Å². The summed E-state index contributed by atoms with van der Waals surface area (Å²) in [6.07, 6.45) is 1.68. The molecule has 1 aliphatic rings. The van der Waals surface area contributed by atoms with E-state index in [0.29, 0.717) is 21.8 Å². The number of carbonyl (C=O) groups excluding carboxylic acids is 2. The zero-order valence-corrected chi connectivity index (χ0v) is 19.0. The molecule has 1 N–H and O–H groups in total. The Hall–Kier alpha value is -3.23. The molecule has 1 saturated heterocycles. The van der Waals surface area contributed by atoms with Crippen molar-refractivity contribution >= 4 is 50.7 Å². The molecular formula is C24H16BrFN2O3S. The van der Waals surface area contributed by atoms with E-state index < -0.39 is 5.91 Å². The molecule has 8 heteroatoms. The number of benzene rings is 3. The fourth-order valence-electron chi connectivity index (χ4n) is 2.86. The molecule has 0 bridgehead atoms. The van der Waals surface area contributed by atoms with Gasteiger partial charge < -0.3 is 10.1 Å². The van der Waals surface area contributed by atoms with Crippen LogP contribution in [0.4, 0.5) is 4.39 Å². The van der Waals surface area contributed by atoms with Crippen LogP contribution in [0.1, 0.15) is 21.5 Å². The van der Waals surface area contributed by atoms with E-state index in [-0.39, 0.29) is 23.5 Å². The second-order valence-electron chi connectivity index (χ2n) is 6.75. The molecule has 32 heavy (non-hydrogen) atoms. The van der Waals surface area contributed by atoms with Crippen molar-refractivity contribution in [1.82, 2.24) is 5.32 Å². The number of carbonyl (C=O) groups is 2. The highest BCUT2D eigenvalue weighted by Gasteiger charge is 2.25. The molecule has 1 aliphatic heterocycles. The third kappa shape index (κ3) is 5.52. The average Bonchev–Trinajstić information content (AvgIpc) is 3.13. The molecule has 0 saturated carbocycles. The maximum absolute atomic E-state index is 13.1. The number of hydrogen-bond acceptors (Lipinski definition) is 4. The predicted octanol–water partition coefficient (Wildman–Crippen LogP) is 5.57. The molecule has 1 fully saturated rings. The number of nitrogens with zero attached hydrogens (tertiary/aromatic N) is 1. The summed E-state index contributed by atoms with van der Waals surface area (Å²) < 4.78 is 19.8. The van der Waals surface area contributed by atoms with E-state index in [0.717, 1.165) is 21.8 Å². The van der Waals surface area contributed by atoms with E-state index in [4.69, 9.17) is 4.74 Å². The van der Waals surface area contributed by atoms with Crippen molar-refractivity contribution in [2.24, 2.45) is 4.99 Å². The highest BCUT2D eigenvalue weighted by Crippen LogP contribution is 2.31. The van der Waals surface area contributed by atoms with Gasteiger partial charge in [-0.05, 0) is 65.9 Å². The second kappa shape index (κ2) is 9.93. The molecule has 0 atom stereocenters. The van der Waals surface area contributed by atoms with E-state index in [1.807, 2.05) is 18.2 Å². The van der Waals surface area contributed by atoms with Gasteiger partial charge in [-0.1, -0.05) is 46.3 Å². The first-order chi connectivity index (χ1) is 15.5. The molecule has 5 nitrogen and oxygen atoms in total. The fourth-order valence-corrected chi connectivity index (χ4v) is 4.05. The molecule has 0 spiro atoms. The Balaban J connectivity index is 1.53. The van der Waals surface area contributed by atoms with Crippen molar-refractivity contribution < 1.29 is 18.7 Å². The molecule has 3 aromatic rings. The molecule has 0 radical (unpaired) electrons. The van der Waals surface area contributed by atoms with Gasteiger partial charge in [0.15, 0.2) is 5.17 Å². The maximum Gasteiger partial charge on any atom is 0.279 e. The molecule has 3 aromatic carbocycles. The first-order valence-corrected chi connectivity index (χ1v) is 11.1. The first-order valence-electron chi connectivity index (χ1n) is 9.54. The monoisotopic (exact) mass is 510 g/mol. The van der Waals surface area contributed by atoms with Crippen LogP contribution in [0.5, 0.6) is 5.75 Å².